The zero-order chi connectivity index (χ0) is 21.2. The molecule has 0 aromatic carbocycles. The van der Waals surface area contributed by atoms with Crippen molar-refractivity contribution in [3.63, 3.8) is 0 Å². The molecule has 2 rings (SSSR count). The van der Waals surface area contributed by atoms with E-state index in [1.807, 2.05) is 0 Å². The molecule has 2 amide bonds. The summed E-state index contributed by atoms with van der Waals surface area (Å²) >= 11 is 0. The number of hydrogen-bond donors (Lipinski definition) is 3. The Kier molecular flexibility index (Phi) is 5.86. The van der Waals surface area contributed by atoms with E-state index in [1.165, 1.54) is 7.05 Å². The molecule has 1 aromatic heterocycles. The zero-order valence-corrected chi connectivity index (χ0v) is 16.3. The van der Waals surface area contributed by atoms with Crippen LogP contribution in [-0.2, 0) is 26.9 Å². The lowest BCUT2D eigenvalue weighted by atomic mass is 9.97. The predicted molar refractivity (Wildman–Crippen MR) is 97.6 cm³/mol. The number of aromatic nitrogens is 2. The van der Waals surface area contributed by atoms with Crippen LogP contribution in [0.3, 0.4) is 0 Å². The maximum atomic E-state index is 12.4. The molecule has 11 nitrogen and oxygen atoms in total. The third-order valence-electron chi connectivity index (χ3n) is 4.48. The Hall–Kier alpha value is -3.24. The maximum Gasteiger partial charge on any atom is 0.360 e. The molecule has 2 heterocycles. The second-order valence-electron chi connectivity index (χ2n) is 6.98. The normalized spacial score (nSPS) is 16.4. The Bertz CT molecular complexity index is 917. The molecule has 0 bridgehead atoms. The average Bonchev–Trinajstić information content (AvgIpc) is 2.94. The summed E-state index contributed by atoms with van der Waals surface area (Å²) in [7, 11) is 2.46. The van der Waals surface area contributed by atoms with Gasteiger partial charge in [0.15, 0.2) is 5.69 Å². The number of ether oxygens (including phenoxy) is 1. The quantitative estimate of drug-likeness (QED) is 0.552. The third-order valence-corrected chi connectivity index (χ3v) is 4.48. The van der Waals surface area contributed by atoms with Crippen LogP contribution in [0.15, 0.2) is 9.90 Å². The summed E-state index contributed by atoms with van der Waals surface area (Å²) in [6.45, 7) is 4.90. The van der Waals surface area contributed by atoms with E-state index in [0.29, 0.717) is 5.71 Å². The molecule has 1 aromatic rings. The minimum atomic E-state index is -1.15. The molecular weight excluding hydrogens is 370 g/mol. The van der Waals surface area contributed by atoms with Crippen LogP contribution in [0.1, 0.15) is 49.9 Å². The monoisotopic (exact) mass is 393 g/mol. The summed E-state index contributed by atoms with van der Waals surface area (Å²) in [5.74, 6) is -2.84. The van der Waals surface area contributed by atoms with E-state index in [4.69, 9.17) is 0 Å². The first kappa shape index (κ1) is 21.1. The summed E-state index contributed by atoms with van der Waals surface area (Å²) in [4.78, 5) is 52.1. The Morgan fingerprint density at radius 1 is 1.36 bits per heavy atom. The summed E-state index contributed by atoms with van der Waals surface area (Å²) in [5, 5.41) is 16.4. The molecule has 1 aliphatic rings. The van der Waals surface area contributed by atoms with Crippen LogP contribution < -0.4 is 16.3 Å². The molecular formula is C17H23N5O6. The van der Waals surface area contributed by atoms with Crippen molar-refractivity contribution in [3.8, 4) is 5.75 Å². The number of methoxy groups -OCH3 is 1. The molecule has 0 fully saturated rings. The highest BCUT2D eigenvalue weighted by Gasteiger charge is 2.32. The van der Waals surface area contributed by atoms with Crippen molar-refractivity contribution in [2.45, 2.75) is 39.2 Å². The van der Waals surface area contributed by atoms with E-state index >= 15 is 0 Å². The van der Waals surface area contributed by atoms with Gasteiger partial charge in [-0.15, -0.1) is 0 Å². The molecule has 1 atom stereocenters. The molecule has 152 valence electrons. The first-order valence-electron chi connectivity index (χ1n) is 8.53. The van der Waals surface area contributed by atoms with Crippen molar-refractivity contribution < 1.29 is 24.2 Å². The van der Waals surface area contributed by atoms with Crippen LogP contribution in [-0.4, -0.2) is 45.3 Å². The zero-order valence-electron chi connectivity index (χ0n) is 16.3. The molecule has 0 radical (unpaired) electrons. The number of hydrogen-bond acceptors (Lipinski definition) is 8. The van der Waals surface area contributed by atoms with Gasteiger partial charge in [-0.25, -0.2) is 15.2 Å². The van der Waals surface area contributed by atoms with Gasteiger partial charge in [-0.05, 0) is 27.2 Å². The van der Waals surface area contributed by atoms with Crippen molar-refractivity contribution in [1.29, 1.82) is 0 Å². The standard InChI is InChI=1S/C17H23N5O6/c1-8-9(13(25)21-20-8)6-7-10(23)19-17(2,3)16-18-11(15(27)28-5)12(24)14(26)22(16)4/h9,24H,6-7H2,1-5H3,(H,19,23)(H,21,25). The Labute approximate surface area is 160 Å². The smallest absolute Gasteiger partial charge is 0.360 e. The van der Waals surface area contributed by atoms with Crippen LogP contribution >= 0.6 is 0 Å². The number of nitrogens with zero attached hydrogens (tertiary/aromatic N) is 3. The van der Waals surface area contributed by atoms with E-state index in [1.54, 1.807) is 20.8 Å². The summed E-state index contributed by atoms with van der Waals surface area (Å²) in [6.07, 6.45) is 0.322. The molecule has 0 saturated carbocycles. The summed E-state index contributed by atoms with van der Waals surface area (Å²) < 4.78 is 5.58. The fourth-order valence-electron chi connectivity index (χ4n) is 2.96. The summed E-state index contributed by atoms with van der Waals surface area (Å²) in [6, 6.07) is 0. The van der Waals surface area contributed by atoms with Crippen LogP contribution in [0, 0.1) is 5.92 Å². The van der Waals surface area contributed by atoms with Crippen molar-refractivity contribution in [1.82, 2.24) is 20.3 Å². The fourth-order valence-corrected chi connectivity index (χ4v) is 2.96. The molecule has 0 spiro atoms. The van der Waals surface area contributed by atoms with Crippen LogP contribution in [0.5, 0.6) is 5.75 Å². The van der Waals surface area contributed by atoms with Gasteiger partial charge >= 0.3 is 5.97 Å². The van der Waals surface area contributed by atoms with Crippen LogP contribution in [0.4, 0.5) is 0 Å². The minimum Gasteiger partial charge on any atom is -0.501 e. The SMILES string of the molecule is COC(=O)c1nc(C(C)(C)NC(=O)CCC2C(=O)NN=C2C)n(C)c(=O)c1O. The van der Waals surface area contributed by atoms with Crippen LogP contribution in [0.25, 0.3) is 0 Å². The first-order valence-corrected chi connectivity index (χ1v) is 8.53. The number of carbonyl (C=O) groups is 3. The molecule has 11 heteroatoms. The molecule has 1 aliphatic heterocycles. The van der Waals surface area contributed by atoms with Gasteiger partial charge < -0.3 is 15.2 Å². The van der Waals surface area contributed by atoms with Gasteiger partial charge in [-0.3, -0.25) is 19.0 Å². The lowest BCUT2D eigenvalue weighted by Crippen LogP contribution is -2.45. The van der Waals surface area contributed by atoms with Gasteiger partial charge in [0.2, 0.25) is 17.6 Å². The number of nitrogens with one attached hydrogen (secondary N) is 2. The molecule has 3 N–H and O–H groups in total. The van der Waals surface area contributed by atoms with Gasteiger partial charge in [0.1, 0.15) is 5.82 Å². The molecule has 28 heavy (non-hydrogen) atoms. The highest BCUT2D eigenvalue weighted by atomic mass is 16.5. The van der Waals surface area contributed by atoms with Gasteiger partial charge in [0, 0.05) is 19.2 Å². The number of carbonyl (C=O) groups excluding carboxylic acids is 3. The van der Waals surface area contributed by atoms with E-state index in [9.17, 15) is 24.3 Å². The van der Waals surface area contributed by atoms with Gasteiger partial charge in [0.05, 0.1) is 18.6 Å². The molecule has 0 saturated heterocycles. The van der Waals surface area contributed by atoms with Crippen molar-refractivity contribution in [3.05, 3.63) is 21.9 Å². The second kappa shape index (κ2) is 7.79. The number of amides is 2. The summed E-state index contributed by atoms with van der Waals surface area (Å²) in [5.41, 5.74) is 0.448. The lowest BCUT2D eigenvalue weighted by molar-refractivity contribution is -0.124. The van der Waals surface area contributed by atoms with Crippen molar-refractivity contribution >= 4 is 23.5 Å². The minimum absolute atomic E-state index is 0.0459. The van der Waals surface area contributed by atoms with E-state index in [0.717, 1.165) is 11.7 Å². The van der Waals surface area contributed by atoms with Crippen LogP contribution in [0.2, 0.25) is 0 Å². The van der Waals surface area contributed by atoms with Gasteiger partial charge in [0.25, 0.3) is 5.56 Å². The second-order valence-corrected chi connectivity index (χ2v) is 6.98. The number of aromatic hydroxyl groups is 1. The largest absolute Gasteiger partial charge is 0.501 e. The molecule has 1 unspecified atom stereocenters. The fraction of sp³-hybridized carbons (Fsp3) is 0.529. The number of rotatable bonds is 6. The van der Waals surface area contributed by atoms with Gasteiger partial charge in [-0.2, -0.15) is 5.10 Å². The highest BCUT2D eigenvalue weighted by molar-refractivity contribution is 6.07. The Balaban J connectivity index is 2.22. The third kappa shape index (κ3) is 4.02. The number of hydrazone groups is 1. The Morgan fingerprint density at radius 3 is 2.54 bits per heavy atom. The first-order chi connectivity index (χ1) is 13.0. The van der Waals surface area contributed by atoms with E-state index < -0.39 is 34.4 Å². The van der Waals surface area contributed by atoms with E-state index in [2.05, 4.69) is 25.6 Å². The molecule has 0 aliphatic carbocycles. The maximum absolute atomic E-state index is 12.4. The highest BCUT2D eigenvalue weighted by Crippen LogP contribution is 2.21. The lowest BCUT2D eigenvalue weighted by Gasteiger charge is -2.28. The number of esters is 1. The average molecular weight is 393 g/mol. The Morgan fingerprint density at radius 2 is 2.00 bits per heavy atom. The predicted octanol–water partition coefficient (Wildman–Crippen LogP) is -0.474. The topological polar surface area (TPSA) is 152 Å². The van der Waals surface area contributed by atoms with Crippen molar-refractivity contribution in [2.24, 2.45) is 18.1 Å². The van der Waals surface area contributed by atoms with E-state index in [-0.39, 0.29) is 30.5 Å². The van der Waals surface area contributed by atoms with Gasteiger partial charge in [-0.1, -0.05) is 0 Å². The van der Waals surface area contributed by atoms with Crippen molar-refractivity contribution in [2.75, 3.05) is 7.11 Å².